The lowest BCUT2D eigenvalue weighted by Gasteiger charge is -2.34. The average Bonchev–Trinajstić information content (AvgIpc) is 3.64. The molecule has 49 heavy (non-hydrogen) atoms. The monoisotopic (exact) mass is 655 g/mol. The van der Waals surface area contributed by atoms with Crippen LogP contribution in [0.3, 0.4) is 0 Å². The normalized spacial score (nSPS) is 11.6. The quantitative estimate of drug-likeness (QED) is 0.110. The lowest BCUT2D eigenvalue weighted by atomic mass is 9.92. The summed E-state index contributed by atoms with van der Waals surface area (Å²) in [6.45, 7) is 9.05. The Morgan fingerprint density at radius 3 is 1.73 bits per heavy atom. The van der Waals surface area contributed by atoms with Gasteiger partial charge in [-0.1, -0.05) is 149 Å². The van der Waals surface area contributed by atoms with Crippen molar-refractivity contribution in [2.45, 2.75) is 39.5 Å². The first-order chi connectivity index (χ1) is 23.9. The molecular weight excluding hydrogens is 615 g/mol. The molecule has 0 radical (unpaired) electrons. The zero-order valence-corrected chi connectivity index (χ0v) is 29.5. The summed E-state index contributed by atoms with van der Waals surface area (Å²) < 4.78 is 8.54. The van der Waals surface area contributed by atoms with Gasteiger partial charge in [-0.25, -0.2) is 9.97 Å². The second-order valence-corrected chi connectivity index (χ2v) is 16.9. The van der Waals surface area contributed by atoms with Crippen LogP contribution in [0.2, 0.25) is 0 Å². The van der Waals surface area contributed by atoms with E-state index in [0.29, 0.717) is 17.7 Å². The summed E-state index contributed by atoms with van der Waals surface area (Å²) in [6, 6.07) is 51.9. The number of imidazole rings is 1. The SMILES string of the molecule is CC(C)c1cccc(C(C)C)c1-n1cnc(-c2cccc([Si](c3ccccc3)(c3ccccc3)c3cccc(Oc4ccccn4)c3)c2)c1. The highest BCUT2D eigenvalue weighted by Gasteiger charge is 2.42. The molecule has 0 saturated carbocycles. The Morgan fingerprint density at radius 2 is 1.12 bits per heavy atom. The van der Waals surface area contributed by atoms with Crippen LogP contribution in [0.15, 0.2) is 164 Å². The van der Waals surface area contributed by atoms with Gasteiger partial charge in [0, 0.05) is 24.0 Å². The van der Waals surface area contributed by atoms with Crippen molar-refractivity contribution in [2.75, 3.05) is 0 Å². The molecule has 5 heteroatoms. The van der Waals surface area contributed by atoms with Crippen molar-refractivity contribution < 1.29 is 4.74 Å². The largest absolute Gasteiger partial charge is 0.439 e. The molecule has 7 aromatic rings. The van der Waals surface area contributed by atoms with Gasteiger partial charge < -0.3 is 9.30 Å². The number of para-hydroxylation sites is 1. The minimum Gasteiger partial charge on any atom is -0.439 e. The summed E-state index contributed by atoms with van der Waals surface area (Å²) in [4.78, 5) is 9.44. The molecule has 7 rings (SSSR count). The molecule has 0 aliphatic heterocycles. The Kier molecular flexibility index (Phi) is 9.10. The molecule has 2 heterocycles. The maximum Gasteiger partial charge on any atom is 0.219 e. The highest BCUT2D eigenvalue weighted by atomic mass is 28.3. The van der Waals surface area contributed by atoms with Gasteiger partial charge >= 0.3 is 0 Å². The predicted molar refractivity (Wildman–Crippen MR) is 205 cm³/mol. The minimum atomic E-state index is -2.85. The Morgan fingerprint density at radius 1 is 0.551 bits per heavy atom. The van der Waals surface area contributed by atoms with Crippen LogP contribution >= 0.6 is 0 Å². The Bertz CT molecular complexity index is 2090. The van der Waals surface area contributed by atoms with Crippen LogP contribution in [0.5, 0.6) is 11.6 Å². The predicted octanol–water partition coefficient (Wildman–Crippen LogP) is 8.35. The van der Waals surface area contributed by atoms with E-state index in [4.69, 9.17) is 9.72 Å². The van der Waals surface area contributed by atoms with E-state index in [1.807, 2.05) is 30.6 Å². The lowest BCUT2D eigenvalue weighted by molar-refractivity contribution is 0.463. The van der Waals surface area contributed by atoms with Crippen molar-refractivity contribution in [3.05, 3.63) is 175 Å². The van der Waals surface area contributed by atoms with Crippen LogP contribution in [-0.2, 0) is 0 Å². The smallest absolute Gasteiger partial charge is 0.219 e. The van der Waals surface area contributed by atoms with Crippen molar-refractivity contribution in [2.24, 2.45) is 0 Å². The number of hydrogen-bond acceptors (Lipinski definition) is 3. The molecule has 0 aliphatic rings. The summed E-state index contributed by atoms with van der Waals surface area (Å²) in [5, 5.41) is 5.10. The highest BCUT2D eigenvalue weighted by Crippen LogP contribution is 2.32. The number of aromatic nitrogens is 3. The van der Waals surface area contributed by atoms with E-state index in [1.165, 1.54) is 37.6 Å². The van der Waals surface area contributed by atoms with Crippen LogP contribution in [0.25, 0.3) is 16.9 Å². The molecule has 0 bridgehead atoms. The topological polar surface area (TPSA) is 39.9 Å². The molecule has 242 valence electrons. The summed E-state index contributed by atoms with van der Waals surface area (Å²) in [5.74, 6) is 2.12. The molecular formula is C44H41N3OSi. The van der Waals surface area contributed by atoms with Gasteiger partial charge in [-0.15, -0.1) is 0 Å². The van der Waals surface area contributed by atoms with Gasteiger partial charge in [-0.3, -0.25) is 0 Å². The van der Waals surface area contributed by atoms with Crippen LogP contribution in [0.1, 0.15) is 50.7 Å². The van der Waals surface area contributed by atoms with E-state index < -0.39 is 8.07 Å². The molecule has 0 unspecified atom stereocenters. The molecule has 2 aromatic heterocycles. The number of nitrogens with zero attached hydrogens (tertiary/aromatic N) is 3. The molecule has 0 fully saturated rings. The van der Waals surface area contributed by atoms with E-state index >= 15 is 0 Å². The first-order valence-corrected chi connectivity index (χ1v) is 19.0. The van der Waals surface area contributed by atoms with Crippen LogP contribution < -0.4 is 25.5 Å². The van der Waals surface area contributed by atoms with Gasteiger partial charge in [0.2, 0.25) is 5.88 Å². The minimum absolute atomic E-state index is 0.392. The third-order valence-corrected chi connectivity index (χ3v) is 14.1. The zero-order chi connectivity index (χ0) is 33.8. The Balaban J connectivity index is 1.41. The fourth-order valence-corrected chi connectivity index (χ4v) is 11.8. The van der Waals surface area contributed by atoms with Crippen LogP contribution in [-0.4, -0.2) is 22.6 Å². The van der Waals surface area contributed by atoms with Gasteiger partial charge in [0.25, 0.3) is 0 Å². The number of hydrogen-bond donors (Lipinski definition) is 0. The zero-order valence-electron chi connectivity index (χ0n) is 28.5. The van der Waals surface area contributed by atoms with Crippen LogP contribution in [0, 0.1) is 0 Å². The van der Waals surface area contributed by atoms with E-state index in [2.05, 4.69) is 165 Å². The van der Waals surface area contributed by atoms with Gasteiger partial charge in [0.15, 0.2) is 8.07 Å². The molecule has 0 N–H and O–H groups in total. The van der Waals surface area contributed by atoms with Gasteiger partial charge in [-0.2, -0.15) is 0 Å². The first-order valence-electron chi connectivity index (χ1n) is 17.0. The third-order valence-electron chi connectivity index (χ3n) is 9.32. The number of benzene rings is 5. The van der Waals surface area contributed by atoms with Crippen molar-refractivity contribution in [1.82, 2.24) is 14.5 Å². The first kappa shape index (κ1) is 32.0. The van der Waals surface area contributed by atoms with Crippen molar-refractivity contribution in [1.29, 1.82) is 0 Å². The summed E-state index contributed by atoms with van der Waals surface area (Å²) in [5.41, 5.74) is 5.94. The van der Waals surface area contributed by atoms with E-state index in [0.717, 1.165) is 17.0 Å². The van der Waals surface area contributed by atoms with E-state index in [1.54, 1.807) is 6.20 Å². The maximum absolute atomic E-state index is 6.31. The molecule has 5 aromatic carbocycles. The Labute approximate surface area is 290 Å². The molecule has 0 aliphatic carbocycles. The molecule has 0 amide bonds. The molecule has 4 nitrogen and oxygen atoms in total. The van der Waals surface area contributed by atoms with Crippen molar-refractivity contribution in [3.8, 4) is 28.6 Å². The average molecular weight is 656 g/mol. The maximum atomic E-state index is 6.31. The van der Waals surface area contributed by atoms with Crippen molar-refractivity contribution >= 4 is 28.8 Å². The highest BCUT2D eigenvalue weighted by molar-refractivity contribution is 7.19. The third kappa shape index (κ3) is 6.26. The molecule has 0 spiro atoms. The van der Waals surface area contributed by atoms with Gasteiger partial charge in [0.1, 0.15) is 5.75 Å². The van der Waals surface area contributed by atoms with Crippen LogP contribution in [0.4, 0.5) is 0 Å². The van der Waals surface area contributed by atoms with E-state index in [9.17, 15) is 0 Å². The van der Waals surface area contributed by atoms with Gasteiger partial charge in [-0.05, 0) is 61.9 Å². The lowest BCUT2D eigenvalue weighted by Crippen LogP contribution is -2.74. The number of ether oxygens (including phenoxy) is 1. The fourth-order valence-electron chi connectivity index (χ4n) is 7.01. The standard InChI is InChI=1S/C44H41N3OSi/c1-32(2)40-24-15-25-41(33(3)4)44(40)47-30-42(46-31-47)34-16-13-22-38(28-34)49(36-18-7-5-8-19-36,37-20-9-6-10-21-37)39-23-14-17-35(29-39)48-43-26-11-12-27-45-43/h5-33H,1-4H3. The van der Waals surface area contributed by atoms with Crippen molar-refractivity contribution in [3.63, 3.8) is 0 Å². The fraction of sp³-hybridized carbons (Fsp3) is 0.136. The Hall–Kier alpha value is -5.52. The molecule has 0 saturated heterocycles. The van der Waals surface area contributed by atoms with Gasteiger partial charge in [0.05, 0.1) is 17.7 Å². The summed E-state index contributed by atoms with van der Waals surface area (Å²) in [6.07, 6.45) is 5.93. The number of pyridine rings is 1. The molecule has 0 atom stereocenters. The van der Waals surface area contributed by atoms with E-state index in [-0.39, 0.29) is 0 Å². The summed E-state index contributed by atoms with van der Waals surface area (Å²) >= 11 is 0. The summed E-state index contributed by atoms with van der Waals surface area (Å²) in [7, 11) is -2.85. The number of rotatable bonds is 10. The second kappa shape index (κ2) is 13.9. The second-order valence-electron chi connectivity index (χ2n) is 13.1.